The number of ether oxygens (including phenoxy) is 1. The third-order valence-electron chi connectivity index (χ3n) is 6.06. The summed E-state index contributed by atoms with van der Waals surface area (Å²) in [7, 11) is -7.64. The monoisotopic (exact) mass is 485 g/mol. The van der Waals surface area contributed by atoms with Gasteiger partial charge in [-0.3, -0.25) is 4.72 Å². The van der Waals surface area contributed by atoms with Gasteiger partial charge in [-0.1, -0.05) is 0 Å². The van der Waals surface area contributed by atoms with Crippen LogP contribution in [0.25, 0.3) is 0 Å². The number of sulfonamides is 1. The van der Waals surface area contributed by atoms with Gasteiger partial charge in [-0.2, -0.15) is 0 Å². The number of halogens is 6. The summed E-state index contributed by atoms with van der Waals surface area (Å²) in [5.41, 5.74) is -3.31. The highest BCUT2D eigenvalue weighted by atomic mass is 32.2. The molecule has 1 fully saturated rings. The van der Waals surface area contributed by atoms with Gasteiger partial charge in [-0.05, 0) is 36.0 Å². The Bertz CT molecular complexity index is 1240. The van der Waals surface area contributed by atoms with E-state index in [1.807, 2.05) is 4.72 Å². The Kier molecular flexibility index (Phi) is 4.63. The zero-order valence-corrected chi connectivity index (χ0v) is 17.1. The molecule has 0 saturated heterocycles. The number of anilines is 1. The van der Waals surface area contributed by atoms with Crippen molar-refractivity contribution in [2.45, 2.75) is 60.9 Å². The molecule has 2 N–H and O–H groups in total. The Morgan fingerprint density at radius 1 is 1.25 bits per heavy atom. The number of methoxy groups -OCH3 is 1. The van der Waals surface area contributed by atoms with Gasteiger partial charge in [0.15, 0.2) is 0 Å². The van der Waals surface area contributed by atoms with Crippen molar-refractivity contribution in [3.8, 4) is 0 Å². The molecule has 0 bridgehead atoms. The Morgan fingerprint density at radius 2 is 1.97 bits per heavy atom. The fraction of sp³-hybridized carbons (Fsp3) is 0.500. The van der Waals surface area contributed by atoms with Crippen molar-refractivity contribution < 1.29 is 43.6 Å². The molecule has 1 atom stereocenters. The second-order valence-electron chi connectivity index (χ2n) is 8.17. The summed E-state index contributed by atoms with van der Waals surface area (Å²) < 4.78 is 137. The molecular weight excluding hydrogens is 462 g/mol. The van der Waals surface area contributed by atoms with Crippen LogP contribution < -0.4 is 4.72 Å². The van der Waals surface area contributed by atoms with Gasteiger partial charge in [0.05, 0.1) is 9.80 Å². The molecule has 5 nitrogen and oxygen atoms in total. The first-order valence-electron chi connectivity index (χ1n) is 11.1. The number of fused-ring (bicyclic) bond motifs is 1. The molecule has 2 aliphatic rings. The lowest BCUT2D eigenvalue weighted by Gasteiger charge is -2.35. The Balaban J connectivity index is 1.58. The van der Waals surface area contributed by atoms with E-state index in [1.54, 1.807) is 0 Å². The average molecular weight is 485 g/mol. The molecule has 12 heteroatoms. The number of alkyl halides is 4. The van der Waals surface area contributed by atoms with Gasteiger partial charge < -0.3 is 9.72 Å². The van der Waals surface area contributed by atoms with Crippen LogP contribution in [0.2, 0.25) is 0 Å². The molecule has 1 aromatic carbocycles. The highest BCUT2D eigenvalue weighted by Gasteiger charge is 2.47. The summed E-state index contributed by atoms with van der Waals surface area (Å²) in [5, 5.41) is 0. The molecule has 176 valence electrons. The second kappa shape index (κ2) is 7.68. The highest BCUT2D eigenvalue weighted by Crippen LogP contribution is 2.49. The number of nitrogens with one attached hydrogen (secondary N) is 2. The predicted octanol–water partition coefficient (Wildman–Crippen LogP) is 4.75. The van der Waals surface area contributed by atoms with Gasteiger partial charge in [0.1, 0.15) is 22.1 Å². The zero-order chi connectivity index (χ0) is 26.0. The zero-order valence-electron chi connectivity index (χ0n) is 19.3. The third kappa shape index (κ3) is 3.87. The maximum atomic E-state index is 14.6. The number of H-pyrrole nitrogens is 1. The molecule has 2 aromatic rings. The van der Waals surface area contributed by atoms with Crippen LogP contribution in [0.1, 0.15) is 46.1 Å². The number of aromatic nitrogens is 1. The van der Waals surface area contributed by atoms with Gasteiger partial charge in [-0.15, -0.1) is 0 Å². The van der Waals surface area contributed by atoms with E-state index in [2.05, 4.69) is 9.72 Å². The molecule has 0 aliphatic heterocycles. The first-order chi connectivity index (χ1) is 16.0. The van der Waals surface area contributed by atoms with E-state index in [0.29, 0.717) is 12.1 Å². The van der Waals surface area contributed by atoms with E-state index in [-0.39, 0.29) is 23.2 Å². The molecule has 2 aliphatic carbocycles. The van der Waals surface area contributed by atoms with E-state index < -0.39 is 88.8 Å². The van der Waals surface area contributed by atoms with Gasteiger partial charge in [-0.25, -0.2) is 34.8 Å². The molecule has 1 aromatic heterocycles. The van der Waals surface area contributed by atoms with Gasteiger partial charge in [0, 0.05) is 44.3 Å². The van der Waals surface area contributed by atoms with Gasteiger partial charge >= 0.3 is 0 Å². The topological polar surface area (TPSA) is 71.2 Å². The van der Waals surface area contributed by atoms with Crippen molar-refractivity contribution >= 4 is 15.7 Å². The summed E-state index contributed by atoms with van der Waals surface area (Å²) in [6, 6.07) is 1.23. The van der Waals surface area contributed by atoms with Crippen LogP contribution in [0.4, 0.5) is 32.0 Å². The molecule has 0 amide bonds. The number of hydrogen-bond acceptors (Lipinski definition) is 3. The Hall–Kier alpha value is -2.21. The molecule has 1 saturated carbocycles. The summed E-state index contributed by atoms with van der Waals surface area (Å²) in [6.45, 7) is 0. The standard InChI is InChI=1S/C20H20F6N2O3S/c1-31-19(18(23)24)3-2-11-16(8-19)27-9-17(11)32(29,30)28-15-5-13(21)12(4-14(15)22)10-6-20(25,26)7-10/h4-5,9-10,18,27-28H,2-3,6-8H2,1H3/t19-/m0/s1/i1D3. The van der Waals surface area contributed by atoms with Crippen molar-refractivity contribution in [3.05, 3.63) is 46.8 Å². The second-order valence-corrected chi connectivity index (χ2v) is 9.83. The number of rotatable bonds is 6. The van der Waals surface area contributed by atoms with E-state index in [4.69, 9.17) is 4.11 Å². The predicted molar refractivity (Wildman–Crippen MR) is 103 cm³/mol. The molecule has 32 heavy (non-hydrogen) atoms. The third-order valence-corrected chi connectivity index (χ3v) is 7.50. The van der Waals surface area contributed by atoms with Crippen LogP contribution in [-0.4, -0.2) is 38.4 Å². The molecule has 1 heterocycles. The Labute approximate surface area is 184 Å². The van der Waals surface area contributed by atoms with Crippen LogP contribution >= 0.6 is 0 Å². The smallest absolute Gasteiger partial charge is 0.267 e. The summed E-state index contributed by atoms with van der Waals surface area (Å²) >= 11 is 0. The minimum absolute atomic E-state index is 0.00841. The summed E-state index contributed by atoms with van der Waals surface area (Å²) in [4.78, 5) is 2.12. The van der Waals surface area contributed by atoms with Crippen molar-refractivity contribution in [3.63, 3.8) is 0 Å². The number of aromatic amines is 1. The average Bonchev–Trinajstić information content (AvgIpc) is 3.11. The Morgan fingerprint density at radius 3 is 2.59 bits per heavy atom. The van der Waals surface area contributed by atoms with E-state index >= 15 is 0 Å². The number of benzene rings is 1. The van der Waals surface area contributed by atoms with Gasteiger partial charge in [0.2, 0.25) is 5.92 Å². The SMILES string of the molecule is [2H]C([2H])([2H])O[C@@]1(C(F)F)CCc2c(S(=O)(=O)Nc3cc(F)c(C4CC(F)(F)C4)cc3F)c[nH]c2C1. The van der Waals surface area contributed by atoms with Crippen molar-refractivity contribution in [1.29, 1.82) is 0 Å². The molecule has 0 spiro atoms. The largest absolute Gasteiger partial charge is 0.372 e. The van der Waals surface area contributed by atoms with Crippen molar-refractivity contribution in [2.24, 2.45) is 0 Å². The normalized spacial score (nSPS) is 24.9. The van der Waals surface area contributed by atoms with Crippen LogP contribution in [0, 0.1) is 11.6 Å². The van der Waals surface area contributed by atoms with Crippen LogP contribution in [0.5, 0.6) is 0 Å². The lowest BCUT2D eigenvalue weighted by atomic mass is 9.76. The van der Waals surface area contributed by atoms with E-state index in [0.717, 1.165) is 6.20 Å². The maximum Gasteiger partial charge on any atom is 0.267 e. The molecular formula is C20H20F6N2O3S. The quantitative estimate of drug-likeness (QED) is 0.581. The van der Waals surface area contributed by atoms with Crippen molar-refractivity contribution in [2.75, 3.05) is 11.8 Å². The van der Waals surface area contributed by atoms with Crippen molar-refractivity contribution in [1.82, 2.24) is 4.98 Å². The van der Waals surface area contributed by atoms with Crippen LogP contribution in [0.3, 0.4) is 0 Å². The lowest BCUT2D eigenvalue weighted by Crippen LogP contribution is -2.44. The van der Waals surface area contributed by atoms with E-state index in [9.17, 15) is 34.8 Å². The number of hydrogen-bond donors (Lipinski definition) is 2. The maximum absolute atomic E-state index is 14.6. The molecule has 0 unspecified atom stereocenters. The summed E-state index contributed by atoms with van der Waals surface area (Å²) in [6.07, 6.45) is -4.89. The first kappa shape index (κ1) is 19.3. The highest BCUT2D eigenvalue weighted by molar-refractivity contribution is 7.92. The van der Waals surface area contributed by atoms with Crippen LogP contribution in [-0.2, 0) is 27.6 Å². The first-order valence-corrected chi connectivity index (χ1v) is 11.1. The minimum Gasteiger partial charge on any atom is -0.372 e. The minimum atomic E-state index is -4.53. The van der Waals surface area contributed by atoms with Gasteiger partial charge in [0.25, 0.3) is 16.4 Å². The lowest BCUT2D eigenvalue weighted by molar-refractivity contribution is -0.128. The molecule has 4 rings (SSSR count). The fourth-order valence-electron chi connectivity index (χ4n) is 4.22. The fourth-order valence-corrected chi connectivity index (χ4v) is 5.54. The summed E-state index contributed by atoms with van der Waals surface area (Å²) in [5.74, 6) is -6.08. The van der Waals surface area contributed by atoms with E-state index in [1.165, 1.54) is 0 Å². The van der Waals surface area contributed by atoms with Crippen LogP contribution in [0.15, 0.2) is 23.2 Å². The molecule has 0 radical (unpaired) electrons.